The highest BCUT2D eigenvalue weighted by Crippen LogP contribution is 2.06. The van der Waals surface area contributed by atoms with Crippen molar-refractivity contribution in [3.05, 3.63) is 0 Å². The molecule has 3 nitrogen and oxygen atoms in total. The van der Waals surface area contributed by atoms with E-state index < -0.39 is 0 Å². The van der Waals surface area contributed by atoms with E-state index in [1.54, 1.807) is 0 Å². The van der Waals surface area contributed by atoms with Crippen molar-refractivity contribution in [3.8, 4) is 0 Å². The van der Waals surface area contributed by atoms with Crippen LogP contribution in [0.5, 0.6) is 0 Å². The van der Waals surface area contributed by atoms with Crippen molar-refractivity contribution in [2.75, 3.05) is 33.0 Å². The molecule has 1 aliphatic rings. The van der Waals surface area contributed by atoms with Gasteiger partial charge in [-0.05, 0) is 19.3 Å². The van der Waals surface area contributed by atoms with Gasteiger partial charge in [0.15, 0.2) is 0 Å². The summed E-state index contributed by atoms with van der Waals surface area (Å²) < 4.78 is 11.0. The van der Waals surface area contributed by atoms with Crippen molar-refractivity contribution in [1.82, 2.24) is 5.32 Å². The van der Waals surface area contributed by atoms with Crippen LogP contribution in [0.4, 0.5) is 0 Å². The Kier molecular flexibility index (Phi) is 10.6. The Morgan fingerprint density at radius 3 is 2.50 bits per heavy atom. The Hall–Kier alpha value is -0.120. The van der Waals surface area contributed by atoms with Gasteiger partial charge >= 0.3 is 0 Å². The predicted octanol–water partition coefficient (Wildman–Crippen LogP) is 3.13. The Morgan fingerprint density at radius 1 is 1.00 bits per heavy atom. The molecule has 0 aromatic carbocycles. The summed E-state index contributed by atoms with van der Waals surface area (Å²) >= 11 is 0. The van der Waals surface area contributed by atoms with Crippen LogP contribution >= 0.6 is 0 Å². The van der Waals surface area contributed by atoms with E-state index >= 15 is 0 Å². The number of ether oxygens (including phenoxy) is 2. The summed E-state index contributed by atoms with van der Waals surface area (Å²) in [6.07, 6.45) is 10.3. The van der Waals surface area contributed by atoms with Crippen LogP contribution in [0, 0.1) is 0 Å². The van der Waals surface area contributed by atoms with Crippen molar-refractivity contribution >= 4 is 0 Å². The van der Waals surface area contributed by atoms with Crippen LogP contribution in [0.2, 0.25) is 0 Å². The van der Waals surface area contributed by atoms with E-state index in [1.807, 2.05) is 0 Å². The van der Waals surface area contributed by atoms with Crippen LogP contribution < -0.4 is 5.32 Å². The third-order valence-electron chi connectivity index (χ3n) is 3.54. The van der Waals surface area contributed by atoms with Crippen LogP contribution in [0.3, 0.4) is 0 Å². The quantitative estimate of drug-likeness (QED) is 0.577. The van der Waals surface area contributed by atoms with Gasteiger partial charge in [-0.1, -0.05) is 39.0 Å². The number of hydrogen-bond acceptors (Lipinski definition) is 3. The summed E-state index contributed by atoms with van der Waals surface area (Å²) in [5.74, 6) is 0. The number of nitrogens with one attached hydrogen (secondary N) is 1. The molecule has 0 aromatic heterocycles. The summed E-state index contributed by atoms with van der Waals surface area (Å²) in [6, 6.07) is 0.649. The second-order valence-electron chi connectivity index (χ2n) is 5.22. The molecule has 0 atom stereocenters. The van der Waals surface area contributed by atoms with E-state index in [2.05, 4.69) is 12.2 Å². The Balaban J connectivity index is 1.73. The first-order valence-corrected chi connectivity index (χ1v) is 7.82. The lowest BCUT2D eigenvalue weighted by Gasteiger charge is -2.23. The molecule has 1 fully saturated rings. The van der Waals surface area contributed by atoms with E-state index in [0.29, 0.717) is 6.04 Å². The standard InChI is InChI=1S/C15H31NO2/c1-2-3-4-5-6-7-11-17-14-10-16-15-8-12-18-13-9-15/h15-16H,2-14H2,1H3. The first kappa shape index (κ1) is 15.9. The first-order valence-electron chi connectivity index (χ1n) is 7.82. The molecule has 18 heavy (non-hydrogen) atoms. The topological polar surface area (TPSA) is 30.5 Å². The minimum Gasteiger partial charge on any atom is -0.381 e. The van der Waals surface area contributed by atoms with E-state index in [1.165, 1.54) is 38.5 Å². The van der Waals surface area contributed by atoms with E-state index in [4.69, 9.17) is 9.47 Å². The minimum absolute atomic E-state index is 0.649. The molecule has 0 amide bonds. The lowest BCUT2D eigenvalue weighted by molar-refractivity contribution is 0.0727. The first-order chi connectivity index (χ1) is 8.93. The smallest absolute Gasteiger partial charge is 0.0591 e. The second-order valence-corrected chi connectivity index (χ2v) is 5.22. The van der Waals surface area contributed by atoms with E-state index in [0.717, 1.165) is 45.8 Å². The monoisotopic (exact) mass is 257 g/mol. The number of hydrogen-bond donors (Lipinski definition) is 1. The molecular weight excluding hydrogens is 226 g/mol. The molecule has 3 heteroatoms. The zero-order valence-corrected chi connectivity index (χ0v) is 12.1. The normalized spacial score (nSPS) is 17.2. The maximum atomic E-state index is 5.64. The molecule has 1 N–H and O–H groups in total. The lowest BCUT2D eigenvalue weighted by Crippen LogP contribution is -2.36. The Morgan fingerprint density at radius 2 is 1.72 bits per heavy atom. The summed E-state index contributed by atoms with van der Waals surface area (Å²) in [5, 5.41) is 3.54. The molecule has 0 unspecified atom stereocenters. The fourth-order valence-electron chi connectivity index (χ4n) is 2.32. The summed E-state index contributed by atoms with van der Waals surface area (Å²) in [6.45, 7) is 6.86. The molecule has 0 radical (unpaired) electrons. The van der Waals surface area contributed by atoms with Crippen LogP contribution in [-0.2, 0) is 9.47 Å². The van der Waals surface area contributed by atoms with Gasteiger partial charge in [0.25, 0.3) is 0 Å². The fourth-order valence-corrected chi connectivity index (χ4v) is 2.32. The van der Waals surface area contributed by atoms with Crippen LogP contribution in [0.1, 0.15) is 58.3 Å². The maximum absolute atomic E-state index is 5.64. The highest BCUT2D eigenvalue weighted by molar-refractivity contribution is 4.69. The van der Waals surface area contributed by atoms with Crippen molar-refractivity contribution in [1.29, 1.82) is 0 Å². The molecule has 1 heterocycles. The average molecular weight is 257 g/mol. The molecule has 0 saturated carbocycles. The molecule has 1 saturated heterocycles. The largest absolute Gasteiger partial charge is 0.381 e. The van der Waals surface area contributed by atoms with E-state index in [9.17, 15) is 0 Å². The Bertz CT molecular complexity index is 170. The highest BCUT2D eigenvalue weighted by atomic mass is 16.5. The van der Waals surface area contributed by atoms with Crippen LogP contribution in [0.25, 0.3) is 0 Å². The van der Waals surface area contributed by atoms with Gasteiger partial charge in [-0.3, -0.25) is 0 Å². The van der Waals surface area contributed by atoms with Gasteiger partial charge in [0.05, 0.1) is 6.61 Å². The molecule has 1 rings (SSSR count). The van der Waals surface area contributed by atoms with Crippen molar-refractivity contribution < 1.29 is 9.47 Å². The van der Waals surface area contributed by atoms with Gasteiger partial charge in [-0.2, -0.15) is 0 Å². The minimum atomic E-state index is 0.649. The maximum Gasteiger partial charge on any atom is 0.0591 e. The molecule has 0 aromatic rings. The molecule has 1 aliphatic heterocycles. The molecule has 0 aliphatic carbocycles. The SMILES string of the molecule is CCCCCCCCOCCNC1CCOCC1. The summed E-state index contributed by atoms with van der Waals surface area (Å²) in [4.78, 5) is 0. The molecular formula is C15H31NO2. The third-order valence-corrected chi connectivity index (χ3v) is 3.54. The molecule has 0 bridgehead atoms. The van der Waals surface area contributed by atoms with Crippen molar-refractivity contribution in [2.24, 2.45) is 0 Å². The molecule has 108 valence electrons. The van der Waals surface area contributed by atoms with Crippen LogP contribution in [-0.4, -0.2) is 39.0 Å². The third kappa shape index (κ3) is 8.90. The zero-order chi connectivity index (χ0) is 12.9. The number of rotatable bonds is 11. The zero-order valence-electron chi connectivity index (χ0n) is 12.1. The summed E-state index contributed by atoms with van der Waals surface area (Å²) in [5.41, 5.74) is 0. The fraction of sp³-hybridized carbons (Fsp3) is 1.00. The van der Waals surface area contributed by atoms with Gasteiger partial charge in [-0.15, -0.1) is 0 Å². The van der Waals surface area contributed by atoms with Gasteiger partial charge in [0, 0.05) is 32.4 Å². The van der Waals surface area contributed by atoms with Crippen molar-refractivity contribution in [2.45, 2.75) is 64.3 Å². The second kappa shape index (κ2) is 11.9. The average Bonchev–Trinajstić information content (AvgIpc) is 2.42. The van der Waals surface area contributed by atoms with Crippen molar-refractivity contribution in [3.63, 3.8) is 0 Å². The van der Waals surface area contributed by atoms with Gasteiger partial charge in [0.1, 0.15) is 0 Å². The lowest BCUT2D eigenvalue weighted by atomic mass is 10.1. The Labute approximate surface area is 113 Å². The number of unbranched alkanes of at least 4 members (excludes halogenated alkanes) is 5. The predicted molar refractivity (Wildman–Crippen MR) is 76.0 cm³/mol. The molecule has 0 spiro atoms. The van der Waals surface area contributed by atoms with E-state index in [-0.39, 0.29) is 0 Å². The van der Waals surface area contributed by atoms with Gasteiger partial charge < -0.3 is 14.8 Å². The highest BCUT2D eigenvalue weighted by Gasteiger charge is 2.11. The van der Waals surface area contributed by atoms with Gasteiger partial charge in [-0.25, -0.2) is 0 Å². The van der Waals surface area contributed by atoms with Gasteiger partial charge in [0.2, 0.25) is 0 Å². The summed E-state index contributed by atoms with van der Waals surface area (Å²) in [7, 11) is 0. The van der Waals surface area contributed by atoms with Crippen LogP contribution in [0.15, 0.2) is 0 Å².